The first-order valence-corrected chi connectivity index (χ1v) is 12.3. The van der Waals surface area contributed by atoms with Gasteiger partial charge in [-0.25, -0.2) is 56.2 Å². The largest absolute Gasteiger partial charge is 0.336 e. The van der Waals surface area contributed by atoms with Crippen molar-refractivity contribution >= 4 is 0 Å². The van der Waals surface area contributed by atoms with E-state index in [1.165, 1.54) is 24.3 Å². The van der Waals surface area contributed by atoms with Gasteiger partial charge in [-0.3, -0.25) is 0 Å². The molecule has 13 nitrogen and oxygen atoms in total. The Hall–Kier alpha value is -4.26. The fraction of sp³-hybridized carbons (Fsp3) is 0.462. The van der Waals surface area contributed by atoms with Crippen molar-refractivity contribution < 1.29 is 0 Å². The molecule has 0 aliphatic carbocycles. The summed E-state index contributed by atoms with van der Waals surface area (Å²) in [5.41, 5.74) is -0.260. The average Bonchev–Trinajstić information content (AvgIpc) is 2.85. The maximum absolute atomic E-state index is 13.1. The molecule has 13 heteroatoms. The molecule has 0 saturated heterocycles. The van der Waals surface area contributed by atoms with E-state index in [1.807, 2.05) is 0 Å². The van der Waals surface area contributed by atoms with E-state index in [0.717, 1.165) is 27.4 Å². The third kappa shape index (κ3) is 6.60. The highest BCUT2D eigenvalue weighted by Gasteiger charge is 2.33. The topological polar surface area (TPSA) is 158 Å². The summed E-state index contributed by atoms with van der Waals surface area (Å²) in [5, 5.41) is 0. The minimum absolute atomic E-state index is 0.0928. The van der Waals surface area contributed by atoms with Crippen LogP contribution < -0.4 is 39.9 Å². The van der Waals surface area contributed by atoms with Crippen molar-refractivity contribution in [3.63, 3.8) is 0 Å². The summed E-state index contributed by atoms with van der Waals surface area (Å²) >= 11 is 0. The molecule has 2 aromatic heterocycles. The molecule has 0 amide bonds. The summed E-state index contributed by atoms with van der Waals surface area (Å²) < 4.78 is 5.41. The molecule has 2 aromatic rings. The number of nitrogens with two attached hydrogens (primary N) is 1. The van der Waals surface area contributed by atoms with E-state index in [0.29, 0.717) is 0 Å². The van der Waals surface area contributed by atoms with Crippen molar-refractivity contribution in [3.8, 4) is 0 Å². The van der Waals surface area contributed by atoms with E-state index >= 15 is 0 Å². The number of aromatic nitrogens is 6. The lowest BCUT2D eigenvalue weighted by Crippen LogP contribution is -2.59. The van der Waals surface area contributed by atoms with Crippen LogP contribution >= 0.6 is 0 Å². The molecule has 0 spiro atoms. The summed E-state index contributed by atoms with van der Waals surface area (Å²) in [6.07, 6.45) is 5.62. The van der Waals surface area contributed by atoms with Crippen molar-refractivity contribution in [1.29, 1.82) is 0 Å². The first kappa shape index (κ1) is 31.0. The molecule has 0 bridgehead atoms. The van der Waals surface area contributed by atoms with E-state index < -0.39 is 45.1 Å². The fourth-order valence-corrected chi connectivity index (χ4v) is 4.77. The Labute approximate surface area is 224 Å². The van der Waals surface area contributed by atoms with Crippen LogP contribution in [0.3, 0.4) is 0 Å². The van der Waals surface area contributed by atoms with E-state index in [1.54, 1.807) is 20.8 Å². The van der Waals surface area contributed by atoms with Crippen LogP contribution in [0.2, 0.25) is 0 Å². The lowest BCUT2D eigenvalue weighted by atomic mass is 9.79. The average molecular weight is 544 g/mol. The molecular weight excluding hydrogens is 506 g/mol. The zero-order valence-corrected chi connectivity index (χ0v) is 22.8. The van der Waals surface area contributed by atoms with Crippen LogP contribution in [0.4, 0.5) is 0 Å². The first-order valence-electron chi connectivity index (χ1n) is 12.3. The predicted molar refractivity (Wildman–Crippen MR) is 150 cm³/mol. The van der Waals surface area contributed by atoms with Gasteiger partial charge in [0.05, 0.1) is 32.7 Å². The number of hydrogen-bond donors (Lipinski definition) is 1. The maximum atomic E-state index is 13.1. The molecule has 0 aromatic carbocycles. The van der Waals surface area contributed by atoms with Gasteiger partial charge in [-0.2, -0.15) is 0 Å². The second-order valence-electron chi connectivity index (χ2n) is 10.5. The highest BCUT2D eigenvalue weighted by atomic mass is 16.2. The van der Waals surface area contributed by atoms with Crippen molar-refractivity contribution in [1.82, 2.24) is 27.4 Å². The highest BCUT2D eigenvalue weighted by molar-refractivity contribution is 4.92. The van der Waals surface area contributed by atoms with E-state index in [9.17, 15) is 28.8 Å². The lowest BCUT2D eigenvalue weighted by molar-refractivity contribution is 0.186. The van der Waals surface area contributed by atoms with Crippen LogP contribution in [0.25, 0.3) is 0 Å². The standard InChI is InChI=1S/C26H37N7O6/c1-8-12-28-19(34)29(13-9-2)22(37)32(21(28)36)17-25(5,6)16-26(7,27)18-33-23(38)30(14-10-3)20(35)31(15-11-4)24(33)39/h8-11H,1-4,12-18,27H2,5-7H3. The third-order valence-corrected chi connectivity index (χ3v) is 6.01. The zero-order chi connectivity index (χ0) is 29.7. The molecule has 2 N–H and O–H groups in total. The number of hydrogen-bond acceptors (Lipinski definition) is 7. The molecule has 2 rings (SSSR count). The van der Waals surface area contributed by atoms with Crippen molar-refractivity contribution in [2.75, 3.05) is 0 Å². The van der Waals surface area contributed by atoms with Gasteiger partial charge in [-0.15, -0.1) is 26.3 Å². The molecule has 212 valence electrons. The molecule has 2 heterocycles. The van der Waals surface area contributed by atoms with Crippen LogP contribution in [0, 0.1) is 5.41 Å². The van der Waals surface area contributed by atoms with Crippen molar-refractivity contribution in [2.45, 2.75) is 72.0 Å². The Kier molecular flexibility index (Phi) is 9.58. The molecular formula is C26H37N7O6. The Balaban J connectivity index is 2.56. The van der Waals surface area contributed by atoms with Gasteiger partial charge in [0.1, 0.15) is 0 Å². The quantitative estimate of drug-likeness (QED) is 0.307. The van der Waals surface area contributed by atoms with Crippen LogP contribution in [0.5, 0.6) is 0 Å². The van der Waals surface area contributed by atoms with Gasteiger partial charge < -0.3 is 5.73 Å². The normalized spacial score (nSPS) is 13.0. The van der Waals surface area contributed by atoms with Gasteiger partial charge in [0.2, 0.25) is 0 Å². The Morgan fingerprint density at radius 1 is 0.538 bits per heavy atom. The van der Waals surface area contributed by atoms with Crippen LogP contribution in [0.1, 0.15) is 27.2 Å². The van der Waals surface area contributed by atoms with E-state index in [-0.39, 0.29) is 45.7 Å². The van der Waals surface area contributed by atoms with Gasteiger partial charge in [-0.1, -0.05) is 38.2 Å². The van der Waals surface area contributed by atoms with Gasteiger partial charge in [0, 0.05) is 12.1 Å². The molecule has 0 saturated carbocycles. The minimum Gasteiger partial charge on any atom is -0.324 e. The van der Waals surface area contributed by atoms with Crippen LogP contribution in [-0.4, -0.2) is 32.9 Å². The first-order chi connectivity index (χ1) is 18.2. The minimum atomic E-state index is -1.20. The number of rotatable bonds is 14. The molecule has 1 unspecified atom stereocenters. The lowest BCUT2D eigenvalue weighted by Gasteiger charge is -2.35. The van der Waals surface area contributed by atoms with E-state index in [4.69, 9.17) is 5.73 Å². The second-order valence-corrected chi connectivity index (χ2v) is 10.5. The molecule has 39 heavy (non-hydrogen) atoms. The summed E-state index contributed by atoms with van der Waals surface area (Å²) in [4.78, 5) is 77.6. The Morgan fingerprint density at radius 2 is 0.795 bits per heavy atom. The van der Waals surface area contributed by atoms with Crippen molar-refractivity contribution in [2.24, 2.45) is 11.1 Å². The maximum Gasteiger partial charge on any atom is 0.336 e. The summed E-state index contributed by atoms with van der Waals surface area (Å²) in [6.45, 7) is 18.6. The zero-order valence-electron chi connectivity index (χ0n) is 22.8. The van der Waals surface area contributed by atoms with Crippen LogP contribution in [0.15, 0.2) is 79.4 Å². The number of allylic oxidation sites excluding steroid dienone is 4. The van der Waals surface area contributed by atoms with Crippen LogP contribution in [-0.2, 0) is 39.3 Å². The SMILES string of the molecule is C=CCn1c(=O)n(CC=C)c(=O)n(CC(C)(C)CC(C)(N)Cn2c(=O)n(CC=C)c(=O)n(CC=C)c2=O)c1=O. The Morgan fingerprint density at radius 3 is 1.08 bits per heavy atom. The molecule has 0 fully saturated rings. The molecule has 0 aliphatic rings. The molecule has 0 aliphatic heterocycles. The monoisotopic (exact) mass is 543 g/mol. The highest BCUT2D eigenvalue weighted by Crippen LogP contribution is 2.28. The summed E-state index contributed by atoms with van der Waals surface area (Å²) in [5.74, 6) is 0. The third-order valence-electron chi connectivity index (χ3n) is 6.01. The van der Waals surface area contributed by atoms with Gasteiger partial charge in [0.25, 0.3) is 0 Å². The number of nitrogens with zero attached hydrogens (tertiary/aromatic N) is 6. The smallest absolute Gasteiger partial charge is 0.324 e. The fourth-order valence-electron chi connectivity index (χ4n) is 4.77. The van der Waals surface area contributed by atoms with Gasteiger partial charge >= 0.3 is 34.1 Å². The van der Waals surface area contributed by atoms with Gasteiger partial charge in [0.15, 0.2) is 0 Å². The molecule has 1 atom stereocenters. The Bertz CT molecular complexity index is 1420. The second kappa shape index (κ2) is 12.1. The summed E-state index contributed by atoms with van der Waals surface area (Å²) in [7, 11) is 0. The predicted octanol–water partition coefficient (Wildman–Crippen LogP) is -0.765. The summed E-state index contributed by atoms with van der Waals surface area (Å²) in [6, 6.07) is 0. The van der Waals surface area contributed by atoms with Crippen molar-refractivity contribution in [3.05, 3.63) is 114 Å². The van der Waals surface area contributed by atoms with E-state index in [2.05, 4.69) is 26.3 Å². The van der Waals surface area contributed by atoms with Gasteiger partial charge in [-0.05, 0) is 18.8 Å². The molecule has 0 radical (unpaired) electrons.